The average Bonchev–Trinajstić information content (AvgIpc) is 2.62. The smallest absolute Gasteiger partial charge is 0.229 e. The van der Waals surface area contributed by atoms with Gasteiger partial charge in [0.15, 0.2) is 0 Å². The van der Waals surface area contributed by atoms with Gasteiger partial charge in [0.05, 0.1) is 11.0 Å². The first-order valence-corrected chi connectivity index (χ1v) is 9.74. The van der Waals surface area contributed by atoms with Gasteiger partial charge < -0.3 is 14.9 Å². The Morgan fingerprint density at radius 2 is 1.80 bits per heavy atom. The molecule has 5 heteroatoms. The van der Waals surface area contributed by atoms with Crippen LogP contribution in [0.15, 0.2) is 24.3 Å². The number of rotatable bonds is 3. The Bertz CT molecular complexity index is 611. The zero-order valence-corrected chi connectivity index (χ0v) is 16.1. The predicted octanol–water partition coefficient (Wildman–Crippen LogP) is 3.27. The molecule has 0 aliphatic carbocycles. The minimum atomic E-state index is -0.857. The molecule has 0 aromatic heterocycles. The number of piperidine rings is 2. The number of hydrogen-bond donors (Lipinski definition) is 1. The summed E-state index contributed by atoms with van der Waals surface area (Å²) in [6.45, 7) is 8.43. The van der Waals surface area contributed by atoms with E-state index >= 15 is 0 Å². The van der Waals surface area contributed by atoms with Crippen molar-refractivity contribution in [2.75, 3.05) is 32.7 Å². The van der Waals surface area contributed by atoms with Crippen LogP contribution in [-0.2, 0) is 10.4 Å². The van der Waals surface area contributed by atoms with Crippen molar-refractivity contribution in [3.8, 4) is 0 Å². The first-order valence-electron chi connectivity index (χ1n) is 9.36. The van der Waals surface area contributed by atoms with Crippen LogP contribution in [0, 0.1) is 5.41 Å². The molecular weight excluding hydrogens is 336 g/mol. The van der Waals surface area contributed by atoms with Crippen molar-refractivity contribution in [2.24, 2.45) is 5.41 Å². The number of benzene rings is 1. The maximum absolute atomic E-state index is 13.1. The fourth-order valence-electron chi connectivity index (χ4n) is 4.30. The van der Waals surface area contributed by atoms with Crippen molar-refractivity contribution in [3.05, 3.63) is 34.9 Å². The SMILES string of the molecule is CCN1CCC[C@](C)(C(=O)N2CCC(O)(c3ccc(Cl)cc3)CC2)C1. The highest BCUT2D eigenvalue weighted by molar-refractivity contribution is 6.30. The zero-order chi connectivity index (χ0) is 18.1. The van der Waals surface area contributed by atoms with Crippen LogP contribution in [0.4, 0.5) is 0 Å². The normalized spacial score (nSPS) is 27.3. The molecule has 3 rings (SSSR count). The Labute approximate surface area is 155 Å². The molecule has 0 spiro atoms. The molecule has 1 aromatic rings. The van der Waals surface area contributed by atoms with Crippen molar-refractivity contribution in [1.29, 1.82) is 0 Å². The summed E-state index contributed by atoms with van der Waals surface area (Å²) >= 11 is 5.95. The molecule has 2 fully saturated rings. The zero-order valence-electron chi connectivity index (χ0n) is 15.3. The van der Waals surface area contributed by atoms with Crippen LogP contribution in [0.1, 0.15) is 45.1 Å². The molecule has 1 N–H and O–H groups in total. The molecule has 4 nitrogen and oxygen atoms in total. The molecule has 138 valence electrons. The largest absolute Gasteiger partial charge is 0.385 e. The van der Waals surface area contributed by atoms with Crippen molar-refractivity contribution < 1.29 is 9.90 Å². The van der Waals surface area contributed by atoms with Gasteiger partial charge in [0.2, 0.25) is 5.91 Å². The number of halogens is 1. The van der Waals surface area contributed by atoms with Gasteiger partial charge >= 0.3 is 0 Å². The topological polar surface area (TPSA) is 43.8 Å². The van der Waals surface area contributed by atoms with Crippen molar-refractivity contribution >= 4 is 17.5 Å². The third-order valence-corrected chi connectivity index (χ3v) is 6.25. The molecule has 2 heterocycles. The maximum Gasteiger partial charge on any atom is 0.229 e. The lowest BCUT2D eigenvalue weighted by Crippen LogP contribution is -2.54. The summed E-state index contributed by atoms with van der Waals surface area (Å²) in [7, 11) is 0. The second-order valence-electron chi connectivity index (χ2n) is 7.86. The monoisotopic (exact) mass is 364 g/mol. The van der Waals surface area contributed by atoms with Crippen molar-refractivity contribution in [3.63, 3.8) is 0 Å². The number of amides is 1. The summed E-state index contributed by atoms with van der Waals surface area (Å²) < 4.78 is 0. The van der Waals surface area contributed by atoms with Crippen molar-refractivity contribution in [1.82, 2.24) is 9.80 Å². The van der Waals surface area contributed by atoms with E-state index in [9.17, 15) is 9.90 Å². The van der Waals surface area contributed by atoms with Crippen LogP contribution in [0.2, 0.25) is 5.02 Å². The lowest BCUT2D eigenvalue weighted by Gasteiger charge is -2.45. The average molecular weight is 365 g/mol. The molecule has 25 heavy (non-hydrogen) atoms. The van der Waals surface area contributed by atoms with Crippen LogP contribution < -0.4 is 0 Å². The summed E-state index contributed by atoms with van der Waals surface area (Å²) in [6.07, 6.45) is 3.20. The minimum absolute atomic E-state index is 0.254. The van der Waals surface area contributed by atoms with Crippen LogP contribution in [-0.4, -0.2) is 53.5 Å². The summed E-state index contributed by atoms with van der Waals surface area (Å²) in [6, 6.07) is 7.41. The number of aliphatic hydroxyl groups is 1. The fourth-order valence-corrected chi connectivity index (χ4v) is 4.43. The summed E-state index contributed by atoms with van der Waals surface area (Å²) in [5.41, 5.74) is -0.251. The third-order valence-electron chi connectivity index (χ3n) is 6.00. The van der Waals surface area contributed by atoms with Gasteiger partial charge in [-0.1, -0.05) is 30.7 Å². The molecule has 2 aliphatic rings. The van der Waals surface area contributed by atoms with Gasteiger partial charge in [-0.05, 0) is 63.4 Å². The minimum Gasteiger partial charge on any atom is -0.385 e. The van der Waals surface area contributed by atoms with E-state index in [0.717, 1.165) is 38.0 Å². The number of hydrogen-bond acceptors (Lipinski definition) is 3. The molecule has 2 aliphatic heterocycles. The Balaban J connectivity index is 1.65. The first-order chi connectivity index (χ1) is 11.9. The number of nitrogens with zero attached hydrogens (tertiary/aromatic N) is 2. The third kappa shape index (κ3) is 3.86. The van der Waals surface area contributed by atoms with Gasteiger partial charge in [-0.2, -0.15) is 0 Å². The molecule has 1 amide bonds. The van der Waals surface area contributed by atoms with Gasteiger partial charge in [0.25, 0.3) is 0 Å². The van der Waals surface area contributed by atoms with E-state index in [1.165, 1.54) is 0 Å². The second kappa shape index (κ2) is 7.26. The molecule has 0 radical (unpaired) electrons. The Kier molecular flexibility index (Phi) is 5.42. The lowest BCUT2D eigenvalue weighted by atomic mass is 9.78. The van der Waals surface area contributed by atoms with Gasteiger partial charge in [-0.3, -0.25) is 4.79 Å². The van der Waals surface area contributed by atoms with E-state index in [0.29, 0.717) is 31.0 Å². The van der Waals surface area contributed by atoms with E-state index in [-0.39, 0.29) is 11.3 Å². The van der Waals surface area contributed by atoms with Crippen LogP contribution in [0.25, 0.3) is 0 Å². The maximum atomic E-state index is 13.1. The highest BCUT2D eigenvalue weighted by Gasteiger charge is 2.43. The number of carbonyl (C=O) groups is 1. The Morgan fingerprint density at radius 1 is 1.16 bits per heavy atom. The quantitative estimate of drug-likeness (QED) is 0.895. The molecule has 0 unspecified atom stereocenters. The van der Waals surface area contributed by atoms with E-state index in [2.05, 4.69) is 18.7 Å². The predicted molar refractivity (Wildman–Crippen MR) is 101 cm³/mol. The van der Waals surface area contributed by atoms with E-state index in [4.69, 9.17) is 11.6 Å². The lowest BCUT2D eigenvalue weighted by molar-refractivity contribution is -0.149. The van der Waals surface area contributed by atoms with E-state index in [1.54, 1.807) is 0 Å². The van der Waals surface area contributed by atoms with Crippen molar-refractivity contribution in [2.45, 2.75) is 45.1 Å². The van der Waals surface area contributed by atoms with Gasteiger partial charge in [-0.15, -0.1) is 0 Å². The highest BCUT2D eigenvalue weighted by Crippen LogP contribution is 2.37. The summed E-state index contributed by atoms with van der Waals surface area (Å²) in [5, 5.41) is 11.7. The Morgan fingerprint density at radius 3 is 2.40 bits per heavy atom. The van der Waals surface area contributed by atoms with E-state index < -0.39 is 5.60 Å². The van der Waals surface area contributed by atoms with Crippen LogP contribution >= 0.6 is 11.6 Å². The molecule has 2 saturated heterocycles. The molecule has 1 atom stereocenters. The molecule has 0 bridgehead atoms. The summed E-state index contributed by atoms with van der Waals surface area (Å²) in [5.74, 6) is 0.254. The highest BCUT2D eigenvalue weighted by atomic mass is 35.5. The van der Waals surface area contributed by atoms with E-state index in [1.807, 2.05) is 29.2 Å². The van der Waals surface area contributed by atoms with Gasteiger partial charge in [0.1, 0.15) is 0 Å². The van der Waals surface area contributed by atoms with Gasteiger partial charge in [0, 0.05) is 24.7 Å². The van der Waals surface area contributed by atoms with Crippen LogP contribution in [0.3, 0.4) is 0 Å². The Hall–Kier alpha value is -1.10. The standard InChI is InChI=1S/C20H29ClN2O2/c1-3-22-12-4-9-19(2,15-22)18(24)23-13-10-20(25,11-14-23)16-5-7-17(21)8-6-16/h5-8,25H,3-4,9-15H2,1-2H3/t19-/m0/s1. The number of carbonyl (C=O) groups excluding carboxylic acids is 1. The first kappa shape index (κ1) is 18.7. The molecule has 1 aromatic carbocycles. The number of likely N-dealkylation sites (tertiary alicyclic amines) is 2. The molecular formula is C20H29ClN2O2. The second-order valence-corrected chi connectivity index (χ2v) is 8.30. The molecule has 0 saturated carbocycles. The fraction of sp³-hybridized carbons (Fsp3) is 0.650. The summed E-state index contributed by atoms with van der Waals surface area (Å²) in [4.78, 5) is 17.5. The van der Waals surface area contributed by atoms with Gasteiger partial charge in [-0.25, -0.2) is 0 Å². The van der Waals surface area contributed by atoms with Crippen LogP contribution in [0.5, 0.6) is 0 Å².